The van der Waals surface area contributed by atoms with E-state index in [9.17, 15) is 9.59 Å². The standard InChI is InChI=1S/C30H32ClN3O3/c1-21-6-3-4-9-28(21)32-14-16-33(17-15-32)30(36)27-20-34(29(35)23-7-5-8-24(31)18-23)19-26(27)22-10-12-25(37-2)13-11-22/h3-13,18,26-27H,14-17,19-20H2,1-2H3. The van der Waals surface area contributed by atoms with Gasteiger partial charge < -0.3 is 19.4 Å². The Labute approximate surface area is 223 Å². The third kappa shape index (κ3) is 5.30. The number of rotatable bonds is 5. The van der Waals surface area contributed by atoms with Gasteiger partial charge in [-0.2, -0.15) is 0 Å². The number of nitrogens with zero attached hydrogens (tertiary/aromatic N) is 3. The number of methoxy groups -OCH3 is 1. The lowest BCUT2D eigenvalue weighted by Gasteiger charge is -2.38. The molecule has 3 aromatic rings. The van der Waals surface area contributed by atoms with E-state index < -0.39 is 0 Å². The number of carbonyl (C=O) groups is 2. The molecule has 0 N–H and O–H groups in total. The Balaban J connectivity index is 1.35. The summed E-state index contributed by atoms with van der Waals surface area (Å²) in [5.74, 6) is 0.397. The number of likely N-dealkylation sites (tertiary alicyclic amines) is 1. The Morgan fingerprint density at radius 1 is 0.865 bits per heavy atom. The molecule has 7 heteroatoms. The van der Waals surface area contributed by atoms with Crippen LogP contribution >= 0.6 is 11.6 Å². The van der Waals surface area contributed by atoms with E-state index in [-0.39, 0.29) is 23.7 Å². The minimum atomic E-state index is -0.304. The summed E-state index contributed by atoms with van der Waals surface area (Å²) in [6.07, 6.45) is 0. The molecule has 192 valence electrons. The van der Waals surface area contributed by atoms with Crippen LogP contribution < -0.4 is 9.64 Å². The van der Waals surface area contributed by atoms with Crippen LogP contribution in [0.15, 0.2) is 72.8 Å². The monoisotopic (exact) mass is 517 g/mol. The fraction of sp³-hybridized carbons (Fsp3) is 0.333. The normalized spacial score (nSPS) is 19.7. The number of piperazine rings is 1. The van der Waals surface area contributed by atoms with Crippen LogP contribution in [0.4, 0.5) is 5.69 Å². The second-order valence-corrected chi connectivity index (χ2v) is 10.2. The molecule has 2 aliphatic rings. The van der Waals surface area contributed by atoms with E-state index in [2.05, 4.69) is 36.1 Å². The van der Waals surface area contributed by atoms with Crippen LogP contribution in [0.1, 0.15) is 27.4 Å². The van der Waals surface area contributed by atoms with Gasteiger partial charge in [-0.15, -0.1) is 0 Å². The van der Waals surface area contributed by atoms with Gasteiger partial charge in [0.25, 0.3) is 5.91 Å². The van der Waals surface area contributed by atoms with Crippen molar-refractivity contribution in [3.8, 4) is 5.75 Å². The van der Waals surface area contributed by atoms with Crippen molar-refractivity contribution in [3.05, 3.63) is 94.5 Å². The summed E-state index contributed by atoms with van der Waals surface area (Å²) in [5.41, 5.74) is 4.05. The molecule has 2 fully saturated rings. The van der Waals surface area contributed by atoms with Gasteiger partial charge in [0.1, 0.15) is 5.75 Å². The number of amides is 2. The summed E-state index contributed by atoms with van der Waals surface area (Å²) in [5, 5.41) is 0.524. The fourth-order valence-electron chi connectivity index (χ4n) is 5.53. The summed E-state index contributed by atoms with van der Waals surface area (Å²) in [7, 11) is 1.64. The average Bonchev–Trinajstić information content (AvgIpc) is 3.38. The summed E-state index contributed by atoms with van der Waals surface area (Å²) in [4.78, 5) is 33.4. The summed E-state index contributed by atoms with van der Waals surface area (Å²) in [6, 6.07) is 23.2. The van der Waals surface area contributed by atoms with Crippen LogP contribution in [0.3, 0.4) is 0 Å². The van der Waals surface area contributed by atoms with Crippen molar-refractivity contribution in [2.75, 3.05) is 51.3 Å². The third-order valence-corrected chi connectivity index (χ3v) is 7.82. The average molecular weight is 518 g/mol. The van der Waals surface area contributed by atoms with Crippen LogP contribution in [-0.4, -0.2) is 68.0 Å². The maximum atomic E-state index is 13.9. The number of hydrogen-bond donors (Lipinski definition) is 0. The zero-order valence-electron chi connectivity index (χ0n) is 21.3. The van der Waals surface area contributed by atoms with Crippen molar-refractivity contribution in [1.82, 2.24) is 9.80 Å². The van der Waals surface area contributed by atoms with Gasteiger partial charge in [-0.1, -0.05) is 48.0 Å². The van der Waals surface area contributed by atoms with Crippen molar-refractivity contribution < 1.29 is 14.3 Å². The first kappa shape index (κ1) is 25.2. The summed E-state index contributed by atoms with van der Waals surface area (Å²) < 4.78 is 5.33. The highest BCUT2D eigenvalue weighted by Crippen LogP contribution is 2.36. The largest absolute Gasteiger partial charge is 0.497 e. The van der Waals surface area contributed by atoms with Crippen LogP contribution in [-0.2, 0) is 4.79 Å². The molecule has 5 rings (SSSR count). The molecule has 0 spiro atoms. The molecule has 2 unspecified atom stereocenters. The summed E-state index contributed by atoms with van der Waals surface area (Å²) in [6.45, 7) is 5.92. The van der Waals surface area contributed by atoms with E-state index in [1.165, 1.54) is 11.3 Å². The van der Waals surface area contributed by atoms with Crippen LogP contribution in [0, 0.1) is 12.8 Å². The van der Waals surface area contributed by atoms with E-state index >= 15 is 0 Å². The number of carbonyl (C=O) groups excluding carboxylic acids is 2. The van der Waals surface area contributed by atoms with Gasteiger partial charge in [0.15, 0.2) is 0 Å². The van der Waals surface area contributed by atoms with Crippen molar-refractivity contribution >= 4 is 29.1 Å². The number of aryl methyl sites for hydroxylation is 1. The SMILES string of the molecule is COc1ccc(C2CN(C(=O)c3cccc(Cl)c3)CC2C(=O)N2CCN(c3ccccc3C)CC2)cc1. The van der Waals surface area contributed by atoms with Gasteiger partial charge >= 0.3 is 0 Å². The molecule has 0 saturated carbocycles. The number of benzene rings is 3. The quantitative estimate of drug-likeness (QED) is 0.485. The predicted octanol–water partition coefficient (Wildman–Crippen LogP) is 4.86. The molecule has 2 atom stereocenters. The highest BCUT2D eigenvalue weighted by Gasteiger charge is 2.42. The number of para-hydroxylation sites is 1. The first-order valence-electron chi connectivity index (χ1n) is 12.7. The number of ether oxygens (including phenoxy) is 1. The number of halogens is 1. The lowest BCUT2D eigenvalue weighted by molar-refractivity contribution is -0.135. The van der Waals surface area contributed by atoms with Crippen molar-refractivity contribution in [2.45, 2.75) is 12.8 Å². The molecule has 6 nitrogen and oxygen atoms in total. The molecule has 37 heavy (non-hydrogen) atoms. The molecule has 2 amide bonds. The van der Waals surface area contributed by atoms with Gasteiger partial charge in [-0.3, -0.25) is 9.59 Å². The van der Waals surface area contributed by atoms with Crippen LogP contribution in [0.25, 0.3) is 0 Å². The van der Waals surface area contributed by atoms with Crippen molar-refractivity contribution in [2.24, 2.45) is 5.92 Å². The van der Waals surface area contributed by atoms with E-state index in [0.29, 0.717) is 36.8 Å². The predicted molar refractivity (Wildman–Crippen MR) is 147 cm³/mol. The smallest absolute Gasteiger partial charge is 0.253 e. The fourth-order valence-corrected chi connectivity index (χ4v) is 5.72. The second kappa shape index (κ2) is 10.9. The Kier molecular flexibility index (Phi) is 7.38. The van der Waals surface area contributed by atoms with E-state index in [4.69, 9.17) is 16.3 Å². The van der Waals surface area contributed by atoms with E-state index in [0.717, 1.165) is 24.4 Å². The molecule has 0 bridgehead atoms. The first-order valence-corrected chi connectivity index (χ1v) is 13.1. The molecule has 2 aliphatic heterocycles. The van der Waals surface area contributed by atoms with Crippen LogP contribution in [0.5, 0.6) is 5.75 Å². The molecular weight excluding hydrogens is 486 g/mol. The third-order valence-electron chi connectivity index (χ3n) is 7.59. The minimum absolute atomic E-state index is 0.0871. The number of anilines is 1. The van der Waals surface area contributed by atoms with Crippen LogP contribution in [0.2, 0.25) is 5.02 Å². The zero-order valence-corrected chi connectivity index (χ0v) is 22.0. The van der Waals surface area contributed by atoms with Crippen molar-refractivity contribution in [1.29, 1.82) is 0 Å². The lowest BCUT2D eigenvalue weighted by atomic mass is 9.87. The molecular formula is C30H32ClN3O3. The van der Waals surface area contributed by atoms with Crippen molar-refractivity contribution in [3.63, 3.8) is 0 Å². The first-order chi connectivity index (χ1) is 17.9. The Morgan fingerprint density at radius 2 is 1.59 bits per heavy atom. The van der Waals surface area contributed by atoms with Gasteiger partial charge in [0.05, 0.1) is 13.0 Å². The van der Waals surface area contributed by atoms with Gasteiger partial charge in [0.2, 0.25) is 5.91 Å². The second-order valence-electron chi connectivity index (χ2n) is 9.81. The van der Waals surface area contributed by atoms with Gasteiger partial charge in [-0.25, -0.2) is 0 Å². The van der Waals surface area contributed by atoms with E-state index in [1.54, 1.807) is 36.3 Å². The molecule has 0 aromatic heterocycles. The highest BCUT2D eigenvalue weighted by molar-refractivity contribution is 6.31. The Hall–Kier alpha value is -3.51. The summed E-state index contributed by atoms with van der Waals surface area (Å²) >= 11 is 6.15. The highest BCUT2D eigenvalue weighted by atomic mass is 35.5. The Morgan fingerprint density at radius 3 is 2.27 bits per heavy atom. The minimum Gasteiger partial charge on any atom is -0.497 e. The Bertz CT molecular complexity index is 1270. The topological polar surface area (TPSA) is 53.1 Å². The van der Waals surface area contributed by atoms with E-state index in [1.807, 2.05) is 29.2 Å². The van der Waals surface area contributed by atoms with Gasteiger partial charge in [0, 0.05) is 61.5 Å². The zero-order chi connectivity index (χ0) is 25.9. The lowest BCUT2D eigenvalue weighted by Crippen LogP contribution is -2.51. The maximum Gasteiger partial charge on any atom is 0.253 e. The molecule has 0 aliphatic carbocycles. The molecule has 2 saturated heterocycles. The van der Waals surface area contributed by atoms with Gasteiger partial charge in [-0.05, 0) is 54.4 Å². The molecule has 3 aromatic carbocycles. The number of hydrogen-bond acceptors (Lipinski definition) is 4. The molecule has 0 radical (unpaired) electrons. The molecule has 2 heterocycles. The maximum absolute atomic E-state index is 13.9.